The predicted molar refractivity (Wildman–Crippen MR) is 95.9 cm³/mol. The number of oxime groups is 2. The van der Waals surface area contributed by atoms with E-state index in [2.05, 4.69) is 31.2 Å². The largest absolute Gasteiger partial charge is 0.507 e. The standard InChI is InChI=1S/C17H18BrN3O3/c1-17(2,3)24-21-16(13-9-12(18)6-7-14(13)22)15-11(10-20-23)5-4-8-19-15/h4-10,22-23H,1-3H3/b20-10-,21-16?. The third kappa shape index (κ3) is 4.55. The van der Waals surface area contributed by atoms with E-state index in [1.165, 1.54) is 6.21 Å². The molecule has 0 radical (unpaired) electrons. The number of halogens is 1. The minimum absolute atomic E-state index is 0.0343. The highest BCUT2D eigenvalue weighted by atomic mass is 79.9. The van der Waals surface area contributed by atoms with Gasteiger partial charge >= 0.3 is 0 Å². The molecule has 0 atom stereocenters. The SMILES string of the molecule is CC(C)(C)ON=C(c1cc(Br)ccc1O)c1ncccc1/C=N\O. The monoisotopic (exact) mass is 391 g/mol. The molecule has 0 saturated heterocycles. The van der Waals surface area contributed by atoms with Crippen LogP contribution >= 0.6 is 15.9 Å². The maximum Gasteiger partial charge on any atom is 0.140 e. The molecule has 0 unspecified atom stereocenters. The van der Waals surface area contributed by atoms with E-state index < -0.39 is 5.60 Å². The molecule has 0 spiro atoms. The van der Waals surface area contributed by atoms with Crippen molar-refractivity contribution in [3.8, 4) is 5.75 Å². The summed E-state index contributed by atoms with van der Waals surface area (Å²) in [6.45, 7) is 5.59. The van der Waals surface area contributed by atoms with Gasteiger partial charge in [0.25, 0.3) is 0 Å². The number of phenolic OH excluding ortho intramolecular Hbond substituents is 1. The molecule has 2 rings (SSSR count). The van der Waals surface area contributed by atoms with Crippen molar-refractivity contribution in [1.29, 1.82) is 0 Å². The van der Waals surface area contributed by atoms with Gasteiger partial charge in [0.05, 0.1) is 6.21 Å². The van der Waals surface area contributed by atoms with E-state index in [4.69, 9.17) is 10.0 Å². The molecule has 6 nitrogen and oxygen atoms in total. The van der Waals surface area contributed by atoms with E-state index in [9.17, 15) is 5.11 Å². The molecule has 0 fully saturated rings. The van der Waals surface area contributed by atoms with Gasteiger partial charge in [0.2, 0.25) is 0 Å². The molecule has 2 N–H and O–H groups in total. The summed E-state index contributed by atoms with van der Waals surface area (Å²) in [7, 11) is 0. The van der Waals surface area contributed by atoms with E-state index in [0.717, 1.165) is 4.47 Å². The summed E-state index contributed by atoms with van der Waals surface area (Å²) < 4.78 is 0.770. The molecule has 1 aromatic carbocycles. The number of aromatic nitrogens is 1. The third-order valence-electron chi connectivity index (χ3n) is 2.88. The molecule has 2 aromatic rings. The number of rotatable bonds is 4. The Bertz CT molecular complexity index is 783. The lowest BCUT2D eigenvalue weighted by Crippen LogP contribution is -2.19. The second-order valence-corrected chi connectivity index (χ2v) is 6.91. The van der Waals surface area contributed by atoms with Crippen LogP contribution in [0.4, 0.5) is 0 Å². The molecule has 0 amide bonds. The van der Waals surface area contributed by atoms with E-state index in [0.29, 0.717) is 22.5 Å². The maximum atomic E-state index is 10.2. The Morgan fingerprint density at radius 3 is 2.71 bits per heavy atom. The zero-order valence-electron chi connectivity index (χ0n) is 13.6. The van der Waals surface area contributed by atoms with Crippen LogP contribution in [0, 0.1) is 0 Å². The van der Waals surface area contributed by atoms with Crippen LogP contribution in [-0.4, -0.2) is 32.8 Å². The topological polar surface area (TPSA) is 87.3 Å². The van der Waals surface area contributed by atoms with Crippen LogP contribution in [0.1, 0.15) is 37.6 Å². The van der Waals surface area contributed by atoms with Gasteiger partial charge in [-0.05, 0) is 51.1 Å². The summed E-state index contributed by atoms with van der Waals surface area (Å²) in [5, 5.41) is 26.4. The molecule has 1 heterocycles. The lowest BCUT2D eigenvalue weighted by molar-refractivity contribution is 0.00111. The first-order chi connectivity index (χ1) is 11.3. The number of phenols is 1. The Hall–Kier alpha value is -2.41. The number of nitrogens with zero attached hydrogens (tertiary/aromatic N) is 3. The van der Waals surface area contributed by atoms with Crippen molar-refractivity contribution >= 4 is 27.9 Å². The van der Waals surface area contributed by atoms with Gasteiger partial charge in [-0.15, -0.1) is 0 Å². The van der Waals surface area contributed by atoms with Gasteiger partial charge in [-0.25, -0.2) is 0 Å². The van der Waals surface area contributed by atoms with E-state index in [-0.39, 0.29) is 5.75 Å². The highest BCUT2D eigenvalue weighted by Crippen LogP contribution is 2.26. The molecule has 126 valence electrons. The van der Waals surface area contributed by atoms with Crippen LogP contribution in [0.15, 0.2) is 51.3 Å². The molecule has 0 saturated carbocycles. The maximum absolute atomic E-state index is 10.2. The van der Waals surface area contributed by atoms with Gasteiger partial charge in [-0.1, -0.05) is 26.2 Å². The smallest absolute Gasteiger partial charge is 0.140 e. The van der Waals surface area contributed by atoms with Crippen LogP contribution in [-0.2, 0) is 4.84 Å². The molecule has 24 heavy (non-hydrogen) atoms. The minimum atomic E-state index is -0.521. The van der Waals surface area contributed by atoms with E-state index in [1.807, 2.05) is 20.8 Å². The van der Waals surface area contributed by atoms with Crippen molar-refractivity contribution < 1.29 is 15.2 Å². The van der Waals surface area contributed by atoms with Crippen LogP contribution in [0.2, 0.25) is 0 Å². The van der Waals surface area contributed by atoms with Crippen LogP contribution in [0.3, 0.4) is 0 Å². The summed E-state index contributed by atoms with van der Waals surface area (Å²) in [6, 6.07) is 8.42. The lowest BCUT2D eigenvalue weighted by Gasteiger charge is -2.18. The quantitative estimate of drug-likeness (QED) is 0.469. The molecule has 0 bridgehead atoms. The second kappa shape index (κ2) is 7.44. The van der Waals surface area contributed by atoms with Crippen molar-refractivity contribution in [2.24, 2.45) is 10.3 Å². The van der Waals surface area contributed by atoms with Gasteiger partial charge in [0, 0.05) is 21.8 Å². The Labute approximate surface area is 148 Å². The molecule has 7 heteroatoms. The first kappa shape index (κ1) is 17.9. The number of benzene rings is 1. The number of aromatic hydroxyl groups is 1. The normalized spacial score (nSPS) is 12.6. The molecule has 0 aliphatic rings. The number of pyridine rings is 1. The second-order valence-electron chi connectivity index (χ2n) is 5.99. The molecular weight excluding hydrogens is 374 g/mol. The Morgan fingerprint density at radius 1 is 1.29 bits per heavy atom. The van der Waals surface area contributed by atoms with Crippen molar-refractivity contribution in [1.82, 2.24) is 4.98 Å². The average molecular weight is 392 g/mol. The Kier molecular flexibility index (Phi) is 5.56. The van der Waals surface area contributed by atoms with Gasteiger partial charge < -0.3 is 15.2 Å². The van der Waals surface area contributed by atoms with Crippen molar-refractivity contribution in [3.05, 3.63) is 57.8 Å². The molecule has 0 aliphatic heterocycles. The Morgan fingerprint density at radius 2 is 2.04 bits per heavy atom. The van der Waals surface area contributed by atoms with Crippen molar-refractivity contribution in [2.75, 3.05) is 0 Å². The predicted octanol–water partition coefficient (Wildman–Crippen LogP) is 3.93. The van der Waals surface area contributed by atoms with Crippen LogP contribution < -0.4 is 0 Å². The summed E-state index contributed by atoms with van der Waals surface area (Å²) in [5.41, 5.74) is 1.22. The highest BCUT2D eigenvalue weighted by Gasteiger charge is 2.19. The fourth-order valence-corrected chi connectivity index (χ4v) is 2.24. The van der Waals surface area contributed by atoms with Gasteiger partial charge in [0.15, 0.2) is 0 Å². The van der Waals surface area contributed by atoms with Crippen molar-refractivity contribution in [2.45, 2.75) is 26.4 Å². The molecule has 0 aliphatic carbocycles. The zero-order valence-corrected chi connectivity index (χ0v) is 15.1. The summed E-state index contributed by atoms with van der Waals surface area (Å²) in [5.74, 6) is 0.0343. The van der Waals surface area contributed by atoms with E-state index >= 15 is 0 Å². The summed E-state index contributed by atoms with van der Waals surface area (Å²) in [4.78, 5) is 9.85. The fraction of sp³-hybridized carbons (Fsp3) is 0.235. The third-order valence-corrected chi connectivity index (χ3v) is 3.38. The fourth-order valence-electron chi connectivity index (χ4n) is 1.88. The van der Waals surface area contributed by atoms with Gasteiger partial charge in [-0.3, -0.25) is 4.98 Å². The highest BCUT2D eigenvalue weighted by molar-refractivity contribution is 9.10. The summed E-state index contributed by atoms with van der Waals surface area (Å²) in [6.07, 6.45) is 2.84. The first-order valence-corrected chi connectivity index (χ1v) is 7.99. The first-order valence-electron chi connectivity index (χ1n) is 7.19. The van der Waals surface area contributed by atoms with E-state index in [1.54, 1.807) is 36.5 Å². The van der Waals surface area contributed by atoms with Gasteiger partial charge in [0.1, 0.15) is 22.8 Å². The van der Waals surface area contributed by atoms with Crippen LogP contribution in [0.5, 0.6) is 5.75 Å². The summed E-state index contributed by atoms with van der Waals surface area (Å²) >= 11 is 3.38. The number of hydrogen-bond acceptors (Lipinski definition) is 6. The average Bonchev–Trinajstić information content (AvgIpc) is 2.51. The Balaban J connectivity index is 2.67. The zero-order chi connectivity index (χ0) is 17.7. The minimum Gasteiger partial charge on any atom is -0.507 e. The molecule has 1 aromatic heterocycles. The van der Waals surface area contributed by atoms with Crippen molar-refractivity contribution in [3.63, 3.8) is 0 Å². The number of hydrogen-bond donors (Lipinski definition) is 2. The molecular formula is C17H18BrN3O3. The van der Waals surface area contributed by atoms with Gasteiger partial charge in [-0.2, -0.15) is 0 Å². The lowest BCUT2D eigenvalue weighted by atomic mass is 10.0. The van der Waals surface area contributed by atoms with Crippen LogP contribution in [0.25, 0.3) is 0 Å².